The fourth-order valence-electron chi connectivity index (χ4n) is 1.46. The van der Waals surface area contributed by atoms with Gasteiger partial charge in [-0.1, -0.05) is 6.07 Å². The molecule has 0 amide bonds. The van der Waals surface area contributed by atoms with E-state index in [4.69, 9.17) is 0 Å². The van der Waals surface area contributed by atoms with E-state index in [0.717, 1.165) is 9.99 Å². The molecule has 0 spiro atoms. The summed E-state index contributed by atoms with van der Waals surface area (Å²) in [6.07, 6.45) is 0.723. The van der Waals surface area contributed by atoms with Gasteiger partial charge in [-0.05, 0) is 64.7 Å². The first-order chi connectivity index (χ1) is 8.58. The summed E-state index contributed by atoms with van der Waals surface area (Å²) in [6, 6.07) is 10.8. The van der Waals surface area contributed by atoms with Crippen LogP contribution in [0.5, 0.6) is 0 Å². The van der Waals surface area contributed by atoms with E-state index in [2.05, 4.69) is 27.3 Å². The zero-order valence-corrected chi connectivity index (χ0v) is 13.3. The second kappa shape index (κ2) is 6.14. The van der Waals surface area contributed by atoms with Crippen molar-refractivity contribution in [2.45, 2.75) is 11.3 Å². The first-order valence-electron chi connectivity index (χ1n) is 5.35. The zero-order chi connectivity index (χ0) is 13.0. The van der Waals surface area contributed by atoms with Crippen LogP contribution in [0.15, 0.2) is 46.7 Å². The summed E-state index contributed by atoms with van der Waals surface area (Å²) in [5.41, 5.74) is 0. The van der Waals surface area contributed by atoms with Crippen LogP contribution in [0.2, 0.25) is 0 Å². The van der Waals surface area contributed by atoms with E-state index >= 15 is 0 Å². The molecule has 0 saturated heterocycles. The van der Waals surface area contributed by atoms with Crippen LogP contribution >= 0.6 is 33.9 Å². The molecule has 1 aromatic heterocycles. The second-order valence-corrected chi connectivity index (χ2v) is 7.73. The molecule has 0 fully saturated rings. The second-order valence-electron chi connectivity index (χ2n) is 3.68. The summed E-state index contributed by atoms with van der Waals surface area (Å²) in [6.45, 7) is 0.425. The van der Waals surface area contributed by atoms with Crippen molar-refractivity contribution in [1.82, 2.24) is 4.72 Å². The molecule has 1 N–H and O–H groups in total. The smallest absolute Gasteiger partial charge is 0.211 e. The van der Waals surface area contributed by atoms with Gasteiger partial charge < -0.3 is 0 Å². The fourth-order valence-corrected chi connectivity index (χ4v) is 3.56. The maximum Gasteiger partial charge on any atom is 0.240 e. The van der Waals surface area contributed by atoms with Crippen LogP contribution in [0.1, 0.15) is 4.88 Å². The maximum atomic E-state index is 12.0. The monoisotopic (exact) mass is 393 g/mol. The minimum atomic E-state index is -3.38. The van der Waals surface area contributed by atoms with Crippen LogP contribution in [0, 0.1) is 3.57 Å². The van der Waals surface area contributed by atoms with E-state index in [9.17, 15) is 8.42 Å². The maximum absolute atomic E-state index is 12.0. The highest BCUT2D eigenvalue weighted by Crippen LogP contribution is 2.12. The zero-order valence-electron chi connectivity index (χ0n) is 9.47. The van der Waals surface area contributed by atoms with E-state index in [0.29, 0.717) is 11.4 Å². The summed E-state index contributed by atoms with van der Waals surface area (Å²) in [5, 5.41) is 1.99. The highest BCUT2D eigenvalue weighted by molar-refractivity contribution is 14.1. The Labute approximate surface area is 124 Å². The minimum absolute atomic E-state index is 0.314. The van der Waals surface area contributed by atoms with Crippen LogP contribution in [0.4, 0.5) is 0 Å². The Morgan fingerprint density at radius 2 is 1.89 bits per heavy atom. The normalized spacial score (nSPS) is 11.6. The standard InChI is InChI=1S/C12H12INO2S2/c13-10-3-5-12(6-4-10)18(15,16)14-8-7-11-2-1-9-17-11/h1-6,9,14H,7-8H2. The Hall–Kier alpha value is -0.440. The van der Waals surface area contributed by atoms with E-state index in [-0.39, 0.29) is 0 Å². The van der Waals surface area contributed by atoms with Crippen molar-refractivity contribution in [3.05, 3.63) is 50.2 Å². The van der Waals surface area contributed by atoms with E-state index in [1.54, 1.807) is 35.6 Å². The largest absolute Gasteiger partial charge is 0.240 e. The van der Waals surface area contributed by atoms with E-state index in [1.165, 1.54) is 4.88 Å². The molecule has 0 atom stereocenters. The number of sulfonamides is 1. The van der Waals surface area contributed by atoms with Gasteiger partial charge >= 0.3 is 0 Å². The molecular weight excluding hydrogens is 381 g/mol. The van der Waals surface area contributed by atoms with Crippen molar-refractivity contribution in [2.24, 2.45) is 0 Å². The van der Waals surface area contributed by atoms with Crippen molar-refractivity contribution in [3.8, 4) is 0 Å². The molecule has 0 unspecified atom stereocenters. The Kier molecular flexibility index (Phi) is 4.77. The summed E-state index contributed by atoms with van der Waals surface area (Å²) in [4.78, 5) is 1.49. The number of nitrogens with one attached hydrogen (secondary N) is 1. The lowest BCUT2D eigenvalue weighted by Gasteiger charge is -2.06. The van der Waals surface area contributed by atoms with E-state index in [1.807, 2.05) is 17.5 Å². The van der Waals surface area contributed by atoms with Gasteiger partial charge in [0.2, 0.25) is 10.0 Å². The minimum Gasteiger partial charge on any atom is -0.211 e. The number of hydrogen-bond acceptors (Lipinski definition) is 3. The highest BCUT2D eigenvalue weighted by atomic mass is 127. The Morgan fingerprint density at radius 1 is 1.17 bits per heavy atom. The van der Waals surface area contributed by atoms with Gasteiger partial charge in [-0.2, -0.15) is 0 Å². The number of hydrogen-bond donors (Lipinski definition) is 1. The van der Waals surface area contributed by atoms with Crippen LogP contribution in [-0.2, 0) is 16.4 Å². The predicted octanol–water partition coefficient (Wildman–Crippen LogP) is 2.87. The third-order valence-corrected chi connectivity index (χ3v) is 5.50. The third kappa shape index (κ3) is 3.78. The molecule has 0 aliphatic carbocycles. The number of thiophene rings is 1. The van der Waals surface area contributed by atoms with Crippen LogP contribution < -0.4 is 4.72 Å². The average molecular weight is 393 g/mol. The van der Waals surface area contributed by atoms with Gasteiger partial charge in [0.1, 0.15) is 0 Å². The molecule has 0 radical (unpaired) electrons. The summed E-state index contributed by atoms with van der Waals surface area (Å²) in [7, 11) is -3.38. The third-order valence-electron chi connectivity index (χ3n) is 2.37. The fraction of sp³-hybridized carbons (Fsp3) is 0.167. The topological polar surface area (TPSA) is 46.2 Å². The molecule has 3 nitrogen and oxygen atoms in total. The molecular formula is C12H12INO2S2. The molecule has 96 valence electrons. The van der Waals surface area contributed by atoms with E-state index < -0.39 is 10.0 Å². The molecule has 2 rings (SSSR count). The first-order valence-corrected chi connectivity index (χ1v) is 8.80. The average Bonchev–Trinajstić information content (AvgIpc) is 2.82. The SMILES string of the molecule is O=S(=O)(NCCc1cccs1)c1ccc(I)cc1. The Morgan fingerprint density at radius 3 is 2.50 bits per heavy atom. The Bertz CT molecular complexity index is 592. The van der Waals surface area contributed by atoms with Crippen LogP contribution in [-0.4, -0.2) is 15.0 Å². The molecule has 0 saturated carbocycles. The predicted molar refractivity (Wildman–Crippen MR) is 82.4 cm³/mol. The molecule has 18 heavy (non-hydrogen) atoms. The number of benzene rings is 1. The lowest BCUT2D eigenvalue weighted by Crippen LogP contribution is -2.25. The molecule has 0 aliphatic heterocycles. The number of halogens is 1. The molecule has 0 bridgehead atoms. The van der Waals surface area contributed by atoms with Crippen molar-refractivity contribution in [2.75, 3.05) is 6.54 Å². The van der Waals surface area contributed by atoms with Gasteiger partial charge in [-0.25, -0.2) is 13.1 Å². The summed E-state index contributed by atoms with van der Waals surface area (Å²) >= 11 is 3.78. The Balaban J connectivity index is 1.97. The van der Waals surface area contributed by atoms with Gasteiger partial charge in [0.25, 0.3) is 0 Å². The van der Waals surface area contributed by atoms with Crippen molar-refractivity contribution >= 4 is 44.0 Å². The van der Waals surface area contributed by atoms with Crippen LogP contribution in [0.25, 0.3) is 0 Å². The molecule has 6 heteroatoms. The van der Waals surface area contributed by atoms with Gasteiger partial charge in [0.05, 0.1) is 4.90 Å². The highest BCUT2D eigenvalue weighted by Gasteiger charge is 2.12. The van der Waals surface area contributed by atoms with Gasteiger partial charge in [0.15, 0.2) is 0 Å². The lowest BCUT2D eigenvalue weighted by molar-refractivity contribution is 0.582. The van der Waals surface area contributed by atoms with Crippen molar-refractivity contribution < 1.29 is 8.42 Å². The molecule has 1 aromatic carbocycles. The van der Waals surface area contributed by atoms with Gasteiger partial charge in [0, 0.05) is 15.0 Å². The molecule has 1 heterocycles. The summed E-state index contributed by atoms with van der Waals surface area (Å²) in [5.74, 6) is 0. The molecule has 0 aliphatic rings. The summed E-state index contributed by atoms with van der Waals surface area (Å²) < 4.78 is 27.6. The number of rotatable bonds is 5. The van der Waals surface area contributed by atoms with Crippen molar-refractivity contribution in [1.29, 1.82) is 0 Å². The van der Waals surface area contributed by atoms with Crippen molar-refractivity contribution in [3.63, 3.8) is 0 Å². The van der Waals surface area contributed by atoms with Crippen LogP contribution in [0.3, 0.4) is 0 Å². The molecule has 2 aromatic rings. The first kappa shape index (κ1) is 14.0. The quantitative estimate of drug-likeness (QED) is 0.795. The lowest BCUT2D eigenvalue weighted by atomic mass is 10.3. The van der Waals surface area contributed by atoms with Gasteiger partial charge in [-0.3, -0.25) is 0 Å². The van der Waals surface area contributed by atoms with Gasteiger partial charge in [-0.15, -0.1) is 11.3 Å².